The van der Waals surface area contributed by atoms with Gasteiger partial charge in [0.15, 0.2) is 0 Å². The van der Waals surface area contributed by atoms with Gasteiger partial charge in [-0.2, -0.15) is 0 Å². The van der Waals surface area contributed by atoms with Crippen molar-refractivity contribution < 1.29 is 38.9 Å². The van der Waals surface area contributed by atoms with Crippen LogP contribution in [0.15, 0.2) is 97.1 Å². The molecule has 0 saturated heterocycles. The van der Waals surface area contributed by atoms with Crippen LogP contribution in [0.4, 0.5) is 4.79 Å². The summed E-state index contributed by atoms with van der Waals surface area (Å²) in [5, 5.41) is 22.9. The molecule has 12 heteroatoms. The van der Waals surface area contributed by atoms with E-state index in [1.54, 1.807) is 0 Å². The van der Waals surface area contributed by atoms with E-state index >= 15 is 0 Å². The third-order valence-corrected chi connectivity index (χ3v) is 9.73. The van der Waals surface area contributed by atoms with E-state index < -0.39 is 18.0 Å². The van der Waals surface area contributed by atoms with Gasteiger partial charge in [0, 0.05) is 44.4 Å². The summed E-state index contributed by atoms with van der Waals surface area (Å²) in [5.74, 6) is -1.74. The number of carboxylic acids is 2. The number of nitrogens with zero attached hydrogens (tertiary/aromatic N) is 1. The highest BCUT2D eigenvalue weighted by Crippen LogP contribution is 2.45. The molecule has 4 aromatic carbocycles. The van der Waals surface area contributed by atoms with Crippen LogP contribution in [0.1, 0.15) is 74.1 Å². The Morgan fingerprint density at radius 3 is 1.53 bits per heavy atom. The monoisotopic (exact) mass is 780 g/mol. The van der Waals surface area contributed by atoms with Crippen molar-refractivity contribution in [1.82, 2.24) is 15.5 Å². The first-order valence-corrected chi connectivity index (χ1v) is 19.6. The van der Waals surface area contributed by atoms with E-state index in [4.69, 9.17) is 25.4 Å². The molecule has 12 nitrogen and oxygen atoms in total. The van der Waals surface area contributed by atoms with Gasteiger partial charge in [0.05, 0.1) is 13.1 Å². The van der Waals surface area contributed by atoms with Crippen LogP contribution < -0.4 is 16.4 Å². The van der Waals surface area contributed by atoms with E-state index in [0.717, 1.165) is 25.8 Å². The van der Waals surface area contributed by atoms with Crippen molar-refractivity contribution in [2.75, 3.05) is 52.5 Å². The van der Waals surface area contributed by atoms with Crippen LogP contribution in [0.5, 0.6) is 0 Å². The smallest absolute Gasteiger partial charge is 0.407 e. The highest BCUT2D eigenvalue weighted by atomic mass is 16.5. The number of benzene rings is 4. The van der Waals surface area contributed by atoms with Gasteiger partial charge in [0.2, 0.25) is 0 Å². The van der Waals surface area contributed by atoms with Crippen molar-refractivity contribution in [3.8, 4) is 22.3 Å². The molecule has 6 N–H and O–H groups in total. The van der Waals surface area contributed by atoms with E-state index in [-0.39, 0.29) is 43.5 Å². The highest BCUT2D eigenvalue weighted by Gasteiger charge is 2.30. The molecule has 304 valence electrons. The second-order valence-electron chi connectivity index (χ2n) is 14.0. The molecule has 6 rings (SSSR count). The Bertz CT molecular complexity index is 1840. The molecule has 2 aliphatic carbocycles. The molecule has 0 saturated carbocycles. The van der Waals surface area contributed by atoms with Gasteiger partial charge in [-0.3, -0.25) is 19.3 Å². The molecule has 1 atom stereocenters. The SMILES string of the molecule is CC(=O)OCC1c2ccccc2-c2ccccc21.CCCC(CNCC(=O)O)NC(=O)OCC1c2ccccc2-c2ccccc21.CCCN(CCN)CC(=O)O. The summed E-state index contributed by atoms with van der Waals surface area (Å²) >= 11 is 0. The zero-order valence-corrected chi connectivity index (χ0v) is 33.1. The predicted octanol–water partition coefficient (Wildman–Crippen LogP) is 6.47. The maximum Gasteiger partial charge on any atom is 0.407 e. The maximum absolute atomic E-state index is 12.3. The number of fused-ring (bicyclic) bond motifs is 6. The number of nitrogens with two attached hydrogens (primary N) is 1. The van der Waals surface area contributed by atoms with Gasteiger partial charge in [0.1, 0.15) is 13.2 Å². The van der Waals surface area contributed by atoms with E-state index in [1.165, 1.54) is 51.4 Å². The molecule has 0 radical (unpaired) electrons. The number of hydrogen-bond donors (Lipinski definition) is 5. The van der Waals surface area contributed by atoms with Crippen LogP contribution in [-0.2, 0) is 23.9 Å². The number of aliphatic carboxylic acids is 2. The number of esters is 1. The Morgan fingerprint density at radius 1 is 0.684 bits per heavy atom. The van der Waals surface area contributed by atoms with Gasteiger partial charge < -0.3 is 36.1 Å². The van der Waals surface area contributed by atoms with Crippen LogP contribution in [0.3, 0.4) is 0 Å². The quantitative estimate of drug-likeness (QED) is 0.0741. The molecule has 0 bridgehead atoms. The highest BCUT2D eigenvalue weighted by molar-refractivity contribution is 5.80. The lowest BCUT2D eigenvalue weighted by atomic mass is 9.98. The van der Waals surface area contributed by atoms with E-state index in [9.17, 15) is 19.2 Å². The van der Waals surface area contributed by atoms with Crippen molar-refractivity contribution in [2.24, 2.45) is 5.73 Å². The number of amides is 1. The first-order valence-electron chi connectivity index (χ1n) is 19.6. The predicted molar refractivity (Wildman–Crippen MR) is 221 cm³/mol. The molecule has 0 fully saturated rings. The lowest BCUT2D eigenvalue weighted by Gasteiger charge is -2.20. The van der Waals surface area contributed by atoms with Crippen LogP contribution in [0, 0.1) is 0 Å². The van der Waals surface area contributed by atoms with E-state index in [0.29, 0.717) is 26.2 Å². The lowest BCUT2D eigenvalue weighted by Crippen LogP contribution is -2.43. The number of nitrogens with one attached hydrogen (secondary N) is 2. The summed E-state index contributed by atoms with van der Waals surface area (Å²) in [4.78, 5) is 46.1. The summed E-state index contributed by atoms with van der Waals surface area (Å²) in [5.41, 5.74) is 15.0. The van der Waals surface area contributed by atoms with Gasteiger partial charge in [-0.25, -0.2) is 4.79 Å². The molecular formula is C45H56N4O8. The van der Waals surface area contributed by atoms with E-state index in [2.05, 4.69) is 59.2 Å². The number of alkyl carbamates (subject to hydrolysis) is 1. The van der Waals surface area contributed by atoms with Crippen molar-refractivity contribution in [3.05, 3.63) is 119 Å². The van der Waals surface area contributed by atoms with Crippen molar-refractivity contribution in [3.63, 3.8) is 0 Å². The molecule has 1 amide bonds. The average molecular weight is 781 g/mol. The maximum atomic E-state index is 12.3. The molecule has 4 aromatic rings. The summed E-state index contributed by atoms with van der Waals surface area (Å²) in [6.07, 6.45) is 2.12. The molecular weight excluding hydrogens is 725 g/mol. The molecule has 0 heterocycles. The second kappa shape index (κ2) is 22.9. The van der Waals surface area contributed by atoms with Gasteiger partial charge in [-0.1, -0.05) is 117 Å². The third kappa shape index (κ3) is 13.0. The number of carboxylic acid groups (broad SMARTS) is 2. The topological polar surface area (TPSA) is 181 Å². The largest absolute Gasteiger partial charge is 0.480 e. The van der Waals surface area contributed by atoms with Crippen LogP contribution in [0.2, 0.25) is 0 Å². The van der Waals surface area contributed by atoms with E-state index in [1.807, 2.05) is 67.3 Å². The van der Waals surface area contributed by atoms with Crippen molar-refractivity contribution in [1.29, 1.82) is 0 Å². The van der Waals surface area contributed by atoms with Crippen LogP contribution in [0.25, 0.3) is 22.3 Å². The third-order valence-electron chi connectivity index (χ3n) is 9.73. The number of hydrogen-bond acceptors (Lipinski definition) is 9. The minimum Gasteiger partial charge on any atom is -0.480 e. The van der Waals surface area contributed by atoms with Crippen molar-refractivity contribution >= 4 is 24.0 Å². The Hall–Kier alpha value is -5.56. The normalized spacial score (nSPS) is 12.7. The molecule has 0 aromatic heterocycles. The molecule has 57 heavy (non-hydrogen) atoms. The molecule has 2 aliphatic rings. The fourth-order valence-electron chi connectivity index (χ4n) is 7.33. The number of rotatable bonds is 17. The Balaban J connectivity index is 0.000000212. The molecule has 0 spiro atoms. The average Bonchev–Trinajstić information content (AvgIpc) is 3.69. The Morgan fingerprint density at radius 2 is 1.14 bits per heavy atom. The van der Waals surface area contributed by atoms with Gasteiger partial charge in [-0.05, 0) is 63.9 Å². The number of carbonyl (C=O) groups is 4. The minimum absolute atomic E-state index is 0.0212. The van der Waals surface area contributed by atoms with Crippen LogP contribution >= 0.6 is 0 Å². The van der Waals surface area contributed by atoms with Gasteiger partial charge >= 0.3 is 24.0 Å². The van der Waals surface area contributed by atoms with Crippen LogP contribution in [-0.4, -0.2) is 97.6 Å². The van der Waals surface area contributed by atoms with Crippen molar-refractivity contribution in [2.45, 2.75) is 57.9 Å². The zero-order chi connectivity index (χ0) is 41.2. The first kappa shape index (κ1) is 44.2. The summed E-state index contributed by atoms with van der Waals surface area (Å²) in [6, 6.07) is 32.9. The zero-order valence-electron chi connectivity index (χ0n) is 33.1. The number of ether oxygens (including phenoxy) is 2. The first-order chi connectivity index (χ1) is 27.6. The number of carbonyl (C=O) groups excluding carboxylic acids is 2. The minimum atomic E-state index is -0.920. The Kier molecular flexibility index (Phi) is 17.7. The summed E-state index contributed by atoms with van der Waals surface area (Å²) in [7, 11) is 0. The summed E-state index contributed by atoms with van der Waals surface area (Å²) in [6.45, 7) is 8.53. The molecule has 1 unspecified atom stereocenters. The molecule has 0 aliphatic heterocycles. The lowest BCUT2D eigenvalue weighted by molar-refractivity contribution is -0.141. The second-order valence-corrected chi connectivity index (χ2v) is 14.0. The van der Waals surface area contributed by atoms with Gasteiger partial charge in [-0.15, -0.1) is 0 Å². The standard InChI is InChI=1S/C22H26N2O4.C16H14O2.C7H16N2O2/c1-2-7-15(12-23-13-21(25)26)24-22(27)28-14-20-18-10-5-3-8-16(18)17-9-4-6-11-19(17)20;1-11(17)18-10-16-14-8-4-2-6-12(14)13-7-3-5-9-15(13)16;1-2-4-9(5-3-8)6-7(10)11/h3-6,8-11,15,20,23H,2,7,12-14H2,1H3,(H,24,27)(H,25,26);2-9,16H,10H2,1H3;2-6,8H2,1H3,(H,10,11). The Labute approximate surface area is 335 Å². The fraction of sp³-hybridized carbons (Fsp3) is 0.378. The fourth-order valence-corrected chi connectivity index (χ4v) is 7.33. The summed E-state index contributed by atoms with van der Waals surface area (Å²) < 4.78 is 10.8. The van der Waals surface area contributed by atoms with Gasteiger partial charge in [0.25, 0.3) is 0 Å².